The maximum atomic E-state index is 12.7. The number of carbonyl (C=O) groups excluding carboxylic acids is 3. The first-order valence-electron chi connectivity index (χ1n) is 9.56. The van der Waals surface area contributed by atoms with Gasteiger partial charge in [0.15, 0.2) is 6.10 Å². The smallest absolute Gasteiger partial charge is 0.326 e. The van der Waals surface area contributed by atoms with Gasteiger partial charge < -0.3 is 14.8 Å². The van der Waals surface area contributed by atoms with Gasteiger partial charge in [-0.1, -0.05) is 18.2 Å². The van der Waals surface area contributed by atoms with E-state index < -0.39 is 18.0 Å². The van der Waals surface area contributed by atoms with Crippen molar-refractivity contribution in [3.8, 4) is 5.75 Å². The summed E-state index contributed by atoms with van der Waals surface area (Å²) in [5, 5.41) is 2.50. The molecular formula is C23H27NO5. The molecule has 0 aliphatic heterocycles. The van der Waals surface area contributed by atoms with Crippen molar-refractivity contribution < 1.29 is 23.9 Å². The second kappa shape index (κ2) is 9.87. The van der Waals surface area contributed by atoms with Gasteiger partial charge in [-0.25, -0.2) is 0 Å². The van der Waals surface area contributed by atoms with Crippen LogP contribution in [0.4, 0.5) is 0 Å². The molecule has 29 heavy (non-hydrogen) atoms. The molecule has 2 aromatic carbocycles. The molecule has 0 radical (unpaired) electrons. The summed E-state index contributed by atoms with van der Waals surface area (Å²) < 4.78 is 10.6. The van der Waals surface area contributed by atoms with Crippen molar-refractivity contribution in [1.29, 1.82) is 0 Å². The zero-order valence-electron chi connectivity index (χ0n) is 17.5. The summed E-state index contributed by atoms with van der Waals surface area (Å²) in [6.45, 7) is 9.18. The maximum Gasteiger partial charge on any atom is 0.326 e. The number of ether oxygens (including phenoxy) is 2. The molecule has 0 spiro atoms. The third-order valence-electron chi connectivity index (χ3n) is 4.61. The number of esters is 1. The fourth-order valence-electron chi connectivity index (χ4n) is 2.92. The summed E-state index contributed by atoms with van der Waals surface area (Å²) in [7, 11) is 0. The van der Waals surface area contributed by atoms with Crippen molar-refractivity contribution in [3.63, 3.8) is 0 Å². The standard InChI is InChI=1S/C23H27NO5/c1-6-28-20-10-8-7-9-18(20)23(27)24-13-21(25)29-17(5)22(26)19-12-15(3)14(2)11-16(19)4/h7-12,17H,6,13H2,1-5H3,(H,24,27). The van der Waals surface area contributed by atoms with Crippen LogP contribution in [0.2, 0.25) is 0 Å². The van der Waals surface area contributed by atoms with Crippen LogP contribution in [0.3, 0.4) is 0 Å². The zero-order chi connectivity index (χ0) is 21.6. The molecule has 0 aliphatic carbocycles. The van der Waals surface area contributed by atoms with Crippen molar-refractivity contribution in [2.45, 2.75) is 40.7 Å². The predicted octanol–water partition coefficient (Wildman–Crippen LogP) is 3.55. The lowest BCUT2D eigenvalue weighted by Crippen LogP contribution is -2.34. The van der Waals surface area contributed by atoms with Crippen molar-refractivity contribution in [3.05, 3.63) is 64.2 Å². The summed E-state index contributed by atoms with van der Waals surface area (Å²) >= 11 is 0. The Kier molecular flexibility index (Phi) is 7.53. The summed E-state index contributed by atoms with van der Waals surface area (Å²) in [4.78, 5) is 37.1. The molecule has 1 atom stereocenters. The fourth-order valence-corrected chi connectivity index (χ4v) is 2.92. The second-order valence-electron chi connectivity index (χ2n) is 6.86. The molecule has 0 aromatic heterocycles. The van der Waals surface area contributed by atoms with E-state index in [-0.39, 0.29) is 12.3 Å². The van der Waals surface area contributed by atoms with Crippen LogP contribution in [0, 0.1) is 20.8 Å². The lowest BCUT2D eigenvalue weighted by Gasteiger charge is -2.15. The van der Waals surface area contributed by atoms with Crippen molar-refractivity contribution in [2.24, 2.45) is 0 Å². The first-order chi connectivity index (χ1) is 13.7. The van der Waals surface area contributed by atoms with Crippen LogP contribution in [0.25, 0.3) is 0 Å². The molecule has 6 nitrogen and oxygen atoms in total. The van der Waals surface area contributed by atoms with Crippen LogP contribution in [-0.2, 0) is 9.53 Å². The molecule has 2 aromatic rings. The summed E-state index contributed by atoms with van der Waals surface area (Å²) in [6.07, 6.45) is -0.948. The minimum Gasteiger partial charge on any atom is -0.493 e. The summed E-state index contributed by atoms with van der Waals surface area (Å²) in [5.74, 6) is -0.967. The quantitative estimate of drug-likeness (QED) is 0.544. The monoisotopic (exact) mass is 397 g/mol. The molecule has 1 amide bonds. The maximum absolute atomic E-state index is 12.7. The Morgan fingerprint density at radius 3 is 2.31 bits per heavy atom. The second-order valence-corrected chi connectivity index (χ2v) is 6.86. The third-order valence-corrected chi connectivity index (χ3v) is 4.61. The fraction of sp³-hybridized carbons (Fsp3) is 0.348. The van der Waals surface area contributed by atoms with Crippen molar-refractivity contribution >= 4 is 17.7 Å². The summed E-state index contributed by atoms with van der Waals surface area (Å²) in [5.41, 5.74) is 3.79. The van der Waals surface area contributed by atoms with Crippen LogP contribution >= 0.6 is 0 Å². The van der Waals surface area contributed by atoms with Gasteiger partial charge in [0.05, 0.1) is 12.2 Å². The molecule has 0 fully saturated rings. The highest BCUT2D eigenvalue weighted by Crippen LogP contribution is 2.19. The predicted molar refractivity (Wildman–Crippen MR) is 110 cm³/mol. The number of carbonyl (C=O) groups is 3. The Labute approximate surface area is 171 Å². The van der Waals surface area contributed by atoms with E-state index in [2.05, 4.69) is 5.32 Å². The Morgan fingerprint density at radius 1 is 0.966 bits per heavy atom. The largest absolute Gasteiger partial charge is 0.493 e. The summed E-state index contributed by atoms with van der Waals surface area (Å²) in [6, 6.07) is 10.5. The van der Waals surface area contributed by atoms with Crippen LogP contribution in [0.1, 0.15) is 51.3 Å². The molecule has 1 unspecified atom stereocenters. The van der Waals surface area contributed by atoms with E-state index in [4.69, 9.17) is 9.47 Å². The number of amides is 1. The normalized spacial score (nSPS) is 11.5. The number of benzene rings is 2. The van der Waals surface area contributed by atoms with E-state index in [1.165, 1.54) is 6.92 Å². The number of para-hydroxylation sites is 1. The first-order valence-corrected chi connectivity index (χ1v) is 9.56. The number of hydrogen-bond acceptors (Lipinski definition) is 5. The SMILES string of the molecule is CCOc1ccccc1C(=O)NCC(=O)OC(C)C(=O)c1cc(C)c(C)cc1C. The van der Waals surface area contributed by atoms with Gasteiger partial charge in [-0.15, -0.1) is 0 Å². The molecule has 0 heterocycles. The van der Waals surface area contributed by atoms with E-state index in [9.17, 15) is 14.4 Å². The minimum absolute atomic E-state index is 0.271. The van der Waals surface area contributed by atoms with Crippen LogP contribution in [0.15, 0.2) is 36.4 Å². The number of nitrogens with one attached hydrogen (secondary N) is 1. The molecule has 6 heteroatoms. The van der Waals surface area contributed by atoms with Crippen LogP contribution in [-0.4, -0.2) is 36.9 Å². The van der Waals surface area contributed by atoms with E-state index in [1.807, 2.05) is 39.8 Å². The lowest BCUT2D eigenvalue weighted by molar-refractivity contribution is -0.145. The van der Waals surface area contributed by atoms with E-state index in [1.54, 1.807) is 24.3 Å². The first kappa shape index (κ1) is 22.1. The lowest BCUT2D eigenvalue weighted by atomic mass is 9.96. The Morgan fingerprint density at radius 2 is 1.62 bits per heavy atom. The van der Waals surface area contributed by atoms with Gasteiger partial charge in [0, 0.05) is 5.56 Å². The van der Waals surface area contributed by atoms with Crippen molar-refractivity contribution in [1.82, 2.24) is 5.32 Å². The van der Waals surface area contributed by atoms with E-state index in [0.717, 1.165) is 16.7 Å². The molecule has 1 N–H and O–H groups in total. The van der Waals surface area contributed by atoms with Crippen LogP contribution < -0.4 is 10.1 Å². The van der Waals surface area contributed by atoms with Gasteiger partial charge >= 0.3 is 5.97 Å². The number of ketones is 1. The molecule has 0 aliphatic rings. The average Bonchev–Trinajstić information content (AvgIpc) is 2.69. The molecule has 0 bridgehead atoms. The van der Waals surface area contributed by atoms with Gasteiger partial charge in [-0.3, -0.25) is 14.4 Å². The van der Waals surface area contributed by atoms with Gasteiger partial charge in [0.25, 0.3) is 5.91 Å². The third kappa shape index (κ3) is 5.67. The average molecular weight is 397 g/mol. The number of hydrogen-bond donors (Lipinski definition) is 1. The highest BCUT2D eigenvalue weighted by atomic mass is 16.5. The zero-order valence-corrected chi connectivity index (χ0v) is 17.5. The number of Topliss-reactive ketones (excluding diaryl/α,β-unsaturated/α-hetero) is 1. The minimum atomic E-state index is -0.948. The Bertz CT molecular complexity index is 919. The van der Waals surface area contributed by atoms with E-state index in [0.29, 0.717) is 23.5 Å². The van der Waals surface area contributed by atoms with Crippen LogP contribution in [0.5, 0.6) is 5.75 Å². The Balaban J connectivity index is 1.96. The number of aryl methyl sites for hydroxylation is 3. The molecule has 2 rings (SSSR count). The molecular weight excluding hydrogens is 370 g/mol. The highest BCUT2D eigenvalue weighted by molar-refractivity contribution is 6.02. The number of rotatable bonds is 8. The molecule has 0 saturated heterocycles. The van der Waals surface area contributed by atoms with Gasteiger partial charge in [-0.2, -0.15) is 0 Å². The molecule has 0 saturated carbocycles. The van der Waals surface area contributed by atoms with Gasteiger partial charge in [0.1, 0.15) is 12.3 Å². The Hall–Kier alpha value is -3.15. The topological polar surface area (TPSA) is 81.7 Å². The van der Waals surface area contributed by atoms with Crippen molar-refractivity contribution in [2.75, 3.05) is 13.2 Å². The molecule has 154 valence electrons. The van der Waals surface area contributed by atoms with Gasteiger partial charge in [0.2, 0.25) is 5.78 Å². The van der Waals surface area contributed by atoms with E-state index >= 15 is 0 Å². The van der Waals surface area contributed by atoms with Gasteiger partial charge in [-0.05, 0) is 69.5 Å². The highest BCUT2D eigenvalue weighted by Gasteiger charge is 2.22.